The van der Waals surface area contributed by atoms with Gasteiger partial charge in [0.2, 0.25) is 11.8 Å². The molecular formula is C19H24N2O6. The van der Waals surface area contributed by atoms with Crippen molar-refractivity contribution in [3.8, 4) is 5.75 Å². The average Bonchev–Trinajstić information content (AvgIpc) is 3.02. The Morgan fingerprint density at radius 3 is 2.81 bits per heavy atom. The van der Waals surface area contributed by atoms with E-state index in [9.17, 15) is 14.4 Å². The number of anilines is 1. The molecule has 0 radical (unpaired) electrons. The number of carboxylic acids is 1. The zero-order chi connectivity index (χ0) is 19.6. The third-order valence-corrected chi connectivity index (χ3v) is 4.95. The number of methoxy groups -OCH3 is 1. The first-order chi connectivity index (χ1) is 12.9. The molecule has 0 aromatic heterocycles. The fourth-order valence-corrected chi connectivity index (χ4v) is 3.61. The molecule has 0 saturated carbocycles. The molecule has 1 aromatic rings. The van der Waals surface area contributed by atoms with E-state index in [1.54, 1.807) is 16.9 Å². The van der Waals surface area contributed by atoms with Crippen molar-refractivity contribution in [2.24, 2.45) is 5.92 Å². The summed E-state index contributed by atoms with van der Waals surface area (Å²) in [6.45, 7) is 3.18. The number of carbonyl (C=O) groups excluding carboxylic acids is 2. The van der Waals surface area contributed by atoms with Gasteiger partial charge in [-0.2, -0.15) is 0 Å². The van der Waals surface area contributed by atoms with Crippen LogP contribution in [0.5, 0.6) is 5.75 Å². The van der Waals surface area contributed by atoms with Crippen molar-refractivity contribution in [2.75, 3.05) is 38.3 Å². The Balaban J connectivity index is 1.71. The molecule has 2 amide bonds. The van der Waals surface area contributed by atoms with Gasteiger partial charge in [0.1, 0.15) is 5.75 Å². The molecule has 2 aliphatic heterocycles. The fourth-order valence-electron chi connectivity index (χ4n) is 3.61. The Hall–Kier alpha value is -2.61. The van der Waals surface area contributed by atoms with Gasteiger partial charge in [-0.05, 0) is 24.6 Å². The van der Waals surface area contributed by atoms with Crippen molar-refractivity contribution >= 4 is 23.5 Å². The zero-order valence-electron chi connectivity index (χ0n) is 15.5. The quantitative estimate of drug-likeness (QED) is 0.825. The van der Waals surface area contributed by atoms with Gasteiger partial charge >= 0.3 is 5.97 Å². The van der Waals surface area contributed by atoms with Crippen LogP contribution in [0.1, 0.15) is 18.4 Å². The zero-order valence-corrected chi connectivity index (χ0v) is 15.5. The molecule has 8 heteroatoms. The van der Waals surface area contributed by atoms with E-state index in [4.69, 9.17) is 14.6 Å². The monoisotopic (exact) mass is 376 g/mol. The Morgan fingerprint density at radius 2 is 2.11 bits per heavy atom. The molecule has 1 aromatic carbocycles. The summed E-state index contributed by atoms with van der Waals surface area (Å²) >= 11 is 0. The number of carbonyl (C=O) groups is 3. The molecular weight excluding hydrogens is 352 g/mol. The Kier molecular flexibility index (Phi) is 5.65. The van der Waals surface area contributed by atoms with Crippen LogP contribution in [0.4, 0.5) is 5.69 Å². The highest BCUT2D eigenvalue weighted by Crippen LogP contribution is 2.34. The van der Waals surface area contributed by atoms with E-state index in [0.717, 1.165) is 5.56 Å². The SMILES string of the molecule is COc1ccc(C)cc1N1C[C@H](C(=O)N2CCO[C@H](CC(=O)O)C2)CC1=O. The van der Waals surface area contributed by atoms with Gasteiger partial charge in [-0.15, -0.1) is 0 Å². The van der Waals surface area contributed by atoms with Crippen LogP contribution in [-0.2, 0) is 19.1 Å². The number of aryl methyl sites for hydroxylation is 1. The van der Waals surface area contributed by atoms with E-state index in [0.29, 0.717) is 31.1 Å². The summed E-state index contributed by atoms with van der Waals surface area (Å²) in [6, 6.07) is 5.59. The van der Waals surface area contributed by atoms with Crippen LogP contribution < -0.4 is 9.64 Å². The molecule has 27 heavy (non-hydrogen) atoms. The number of benzene rings is 1. The van der Waals surface area contributed by atoms with Crippen LogP contribution in [0.2, 0.25) is 0 Å². The van der Waals surface area contributed by atoms with Crippen LogP contribution >= 0.6 is 0 Å². The van der Waals surface area contributed by atoms with E-state index >= 15 is 0 Å². The lowest BCUT2D eigenvalue weighted by molar-refractivity contribution is -0.149. The molecule has 3 rings (SSSR count). The van der Waals surface area contributed by atoms with Gasteiger partial charge in [0.05, 0.1) is 37.8 Å². The number of morpholine rings is 1. The third kappa shape index (κ3) is 4.21. The summed E-state index contributed by atoms with van der Waals surface area (Å²) < 4.78 is 10.8. The van der Waals surface area contributed by atoms with Crippen molar-refractivity contribution in [1.29, 1.82) is 0 Å². The van der Waals surface area contributed by atoms with Crippen LogP contribution in [0.15, 0.2) is 18.2 Å². The molecule has 2 saturated heterocycles. The lowest BCUT2D eigenvalue weighted by Gasteiger charge is -2.33. The number of carboxylic acid groups (broad SMARTS) is 1. The summed E-state index contributed by atoms with van der Waals surface area (Å²) in [4.78, 5) is 39.5. The number of aliphatic carboxylic acids is 1. The first-order valence-corrected chi connectivity index (χ1v) is 8.96. The summed E-state index contributed by atoms with van der Waals surface area (Å²) in [7, 11) is 1.55. The summed E-state index contributed by atoms with van der Waals surface area (Å²) in [5.41, 5.74) is 1.67. The second-order valence-corrected chi connectivity index (χ2v) is 6.96. The largest absolute Gasteiger partial charge is 0.495 e. The van der Waals surface area contributed by atoms with Gasteiger partial charge in [0.25, 0.3) is 0 Å². The van der Waals surface area contributed by atoms with Crippen LogP contribution in [0.25, 0.3) is 0 Å². The molecule has 146 valence electrons. The van der Waals surface area contributed by atoms with Gasteiger partial charge in [-0.3, -0.25) is 14.4 Å². The van der Waals surface area contributed by atoms with Crippen molar-refractivity contribution in [2.45, 2.75) is 25.9 Å². The first kappa shape index (κ1) is 19.2. The standard InChI is InChI=1S/C19H24N2O6/c1-12-3-4-16(26-2)15(7-12)21-10-13(8-17(21)22)19(25)20-5-6-27-14(11-20)9-18(23)24/h3-4,7,13-14H,5-6,8-11H2,1-2H3,(H,23,24)/t13-,14-/m1/s1. The molecule has 2 atom stereocenters. The predicted octanol–water partition coefficient (Wildman–Crippen LogP) is 1.06. The molecule has 8 nitrogen and oxygen atoms in total. The van der Waals surface area contributed by atoms with Gasteiger partial charge in [0, 0.05) is 26.1 Å². The summed E-state index contributed by atoms with van der Waals surface area (Å²) in [6.07, 6.45) is -0.512. The number of rotatable bonds is 5. The predicted molar refractivity (Wildman–Crippen MR) is 96.8 cm³/mol. The van der Waals surface area contributed by atoms with Crippen molar-refractivity contribution < 1.29 is 29.0 Å². The van der Waals surface area contributed by atoms with E-state index in [1.165, 1.54) is 0 Å². The summed E-state index contributed by atoms with van der Waals surface area (Å²) in [5, 5.41) is 8.92. The Bertz CT molecular complexity index is 750. The second-order valence-electron chi connectivity index (χ2n) is 6.96. The lowest BCUT2D eigenvalue weighted by atomic mass is 10.1. The highest BCUT2D eigenvalue weighted by molar-refractivity contribution is 6.01. The molecule has 0 unspecified atom stereocenters. The topological polar surface area (TPSA) is 96.4 Å². The molecule has 1 N–H and O–H groups in total. The van der Waals surface area contributed by atoms with Crippen molar-refractivity contribution in [3.63, 3.8) is 0 Å². The Labute approximate surface area is 157 Å². The number of hydrogen-bond acceptors (Lipinski definition) is 5. The highest BCUT2D eigenvalue weighted by Gasteiger charge is 2.39. The maximum absolute atomic E-state index is 12.9. The number of hydrogen-bond donors (Lipinski definition) is 1. The highest BCUT2D eigenvalue weighted by atomic mass is 16.5. The Morgan fingerprint density at radius 1 is 1.33 bits per heavy atom. The van der Waals surface area contributed by atoms with Crippen LogP contribution in [0.3, 0.4) is 0 Å². The summed E-state index contributed by atoms with van der Waals surface area (Å²) in [5.74, 6) is -1.06. The second kappa shape index (κ2) is 7.96. The van der Waals surface area contributed by atoms with E-state index in [2.05, 4.69) is 0 Å². The molecule has 2 heterocycles. The average molecular weight is 376 g/mol. The van der Waals surface area contributed by atoms with Crippen molar-refractivity contribution in [1.82, 2.24) is 4.90 Å². The maximum atomic E-state index is 12.9. The minimum Gasteiger partial charge on any atom is -0.495 e. The number of ether oxygens (including phenoxy) is 2. The van der Waals surface area contributed by atoms with Gasteiger partial charge < -0.3 is 24.4 Å². The third-order valence-electron chi connectivity index (χ3n) is 4.95. The van der Waals surface area contributed by atoms with Gasteiger partial charge in [-0.1, -0.05) is 6.07 Å². The normalized spacial score (nSPS) is 22.8. The fraction of sp³-hybridized carbons (Fsp3) is 0.526. The molecule has 2 aliphatic rings. The molecule has 0 aliphatic carbocycles. The first-order valence-electron chi connectivity index (χ1n) is 8.96. The van der Waals surface area contributed by atoms with E-state index in [-0.39, 0.29) is 31.2 Å². The maximum Gasteiger partial charge on any atom is 0.306 e. The van der Waals surface area contributed by atoms with Gasteiger partial charge in [-0.25, -0.2) is 0 Å². The minimum atomic E-state index is -0.955. The smallest absolute Gasteiger partial charge is 0.306 e. The van der Waals surface area contributed by atoms with E-state index < -0.39 is 18.0 Å². The van der Waals surface area contributed by atoms with Crippen LogP contribution in [-0.4, -0.2) is 67.2 Å². The van der Waals surface area contributed by atoms with E-state index in [1.807, 2.05) is 25.1 Å². The number of nitrogens with zero attached hydrogens (tertiary/aromatic N) is 2. The molecule has 0 spiro atoms. The van der Waals surface area contributed by atoms with Gasteiger partial charge in [0.15, 0.2) is 0 Å². The molecule has 0 bridgehead atoms. The minimum absolute atomic E-state index is 0.118. The van der Waals surface area contributed by atoms with Crippen LogP contribution in [0, 0.1) is 12.8 Å². The lowest BCUT2D eigenvalue weighted by Crippen LogP contribution is -2.48. The molecule has 2 fully saturated rings. The number of amides is 2. The van der Waals surface area contributed by atoms with Crippen molar-refractivity contribution in [3.05, 3.63) is 23.8 Å².